The smallest absolute Gasteiger partial charge is 0.234 e. The van der Waals surface area contributed by atoms with Crippen LogP contribution in [-0.2, 0) is 4.79 Å². The van der Waals surface area contributed by atoms with E-state index >= 15 is 0 Å². The summed E-state index contributed by atoms with van der Waals surface area (Å²) in [5, 5.41) is 9.09. The average Bonchev–Trinajstić information content (AvgIpc) is 2.16. The summed E-state index contributed by atoms with van der Waals surface area (Å²) in [5.41, 5.74) is 0.630. The minimum Gasteiger partial charge on any atom is -0.508 e. The van der Waals surface area contributed by atoms with Crippen LogP contribution >= 0.6 is 0 Å². The van der Waals surface area contributed by atoms with Crippen LogP contribution in [0.4, 0.5) is 5.69 Å². The molecule has 3 heteroatoms. The Morgan fingerprint density at radius 2 is 1.86 bits per heavy atom. The Morgan fingerprint density at radius 1 is 1.29 bits per heavy atom. The number of β-lactam (4-membered cyclic amide) rings is 1. The molecule has 0 aliphatic carbocycles. The van der Waals surface area contributed by atoms with Crippen molar-refractivity contribution in [1.29, 1.82) is 0 Å². The first kappa shape index (κ1) is 9.06. The van der Waals surface area contributed by atoms with Crippen LogP contribution in [0.3, 0.4) is 0 Å². The highest BCUT2D eigenvalue weighted by Gasteiger charge is 2.44. The van der Waals surface area contributed by atoms with E-state index in [2.05, 4.69) is 0 Å². The van der Waals surface area contributed by atoms with Gasteiger partial charge in [-0.3, -0.25) is 4.79 Å². The number of nitrogens with zero attached hydrogens (tertiary/aromatic N) is 1. The molecule has 1 heterocycles. The van der Waals surface area contributed by atoms with Gasteiger partial charge in [0, 0.05) is 12.2 Å². The summed E-state index contributed by atoms with van der Waals surface area (Å²) in [7, 11) is 0. The van der Waals surface area contributed by atoms with Crippen LogP contribution in [0.2, 0.25) is 0 Å². The van der Waals surface area contributed by atoms with E-state index in [-0.39, 0.29) is 17.1 Å². The fraction of sp³-hybridized carbons (Fsp3) is 0.364. The zero-order chi connectivity index (χ0) is 10.3. The lowest BCUT2D eigenvalue weighted by Gasteiger charge is -2.44. The van der Waals surface area contributed by atoms with Gasteiger partial charge in [-0.2, -0.15) is 0 Å². The van der Waals surface area contributed by atoms with E-state index in [0.29, 0.717) is 0 Å². The van der Waals surface area contributed by atoms with E-state index < -0.39 is 0 Å². The van der Waals surface area contributed by atoms with Crippen molar-refractivity contribution in [2.24, 2.45) is 5.41 Å². The number of carbonyl (C=O) groups is 1. The first-order valence-electron chi connectivity index (χ1n) is 4.62. The number of phenolic OH excluding ortho intramolecular Hbond substituents is 1. The summed E-state index contributed by atoms with van der Waals surface area (Å²) in [6.45, 7) is 4.62. The summed E-state index contributed by atoms with van der Waals surface area (Å²) in [6, 6.07) is 6.69. The number of carbonyl (C=O) groups excluding carboxylic acids is 1. The van der Waals surface area contributed by atoms with Crippen LogP contribution in [0.5, 0.6) is 5.75 Å². The van der Waals surface area contributed by atoms with Gasteiger partial charge in [0.05, 0.1) is 5.41 Å². The first-order valence-corrected chi connectivity index (χ1v) is 4.62. The molecular weight excluding hydrogens is 178 g/mol. The van der Waals surface area contributed by atoms with E-state index in [1.165, 1.54) is 0 Å². The van der Waals surface area contributed by atoms with Crippen molar-refractivity contribution in [1.82, 2.24) is 0 Å². The third kappa shape index (κ3) is 1.25. The molecule has 1 N–H and O–H groups in total. The summed E-state index contributed by atoms with van der Waals surface area (Å²) < 4.78 is 0. The highest BCUT2D eigenvalue weighted by Crippen LogP contribution is 2.35. The molecule has 0 saturated carbocycles. The molecule has 2 rings (SSSR count). The number of hydrogen-bond acceptors (Lipinski definition) is 2. The first-order chi connectivity index (χ1) is 6.50. The molecule has 1 aliphatic rings. The number of benzene rings is 1. The Morgan fingerprint density at radius 3 is 2.29 bits per heavy atom. The maximum Gasteiger partial charge on any atom is 0.234 e. The minimum absolute atomic E-state index is 0.142. The second-order valence-electron chi connectivity index (χ2n) is 4.29. The van der Waals surface area contributed by atoms with Crippen molar-refractivity contribution < 1.29 is 9.90 Å². The van der Waals surface area contributed by atoms with Gasteiger partial charge in [0.25, 0.3) is 0 Å². The van der Waals surface area contributed by atoms with Crippen molar-refractivity contribution in [3.05, 3.63) is 24.3 Å². The van der Waals surface area contributed by atoms with E-state index in [0.717, 1.165) is 12.2 Å². The third-order valence-electron chi connectivity index (χ3n) is 2.54. The minimum atomic E-state index is -0.224. The van der Waals surface area contributed by atoms with E-state index in [9.17, 15) is 4.79 Å². The van der Waals surface area contributed by atoms with E-state index in [1.807, 2.05) is 13.8 Å². The molecule has 0 aromatic heterocycles. The maximum absolute atomic E-state index is 11.6. The Balaban J connectivity index is 2.20. The molecule has 1 amide bonds. The number of anilines is 1. The highest BCUT2D eigenvalue weighted by atomic mass is 16.3. The molecule has 0 spiro atoms. The van der Waals surface area contributed by atoms with Crippen LogP contribution in [0.25, 0.3) is 0 Å². The molecule has 0 unspecified atom stereocenters. The predicted octanol–water partition coefficient (Wildman–Crippen LogP) is 1.76. The quantitative estimate of drug-likeness (QED) is 0.687. The molecule has 0 atom stereocenters. The normalized spacial score (nSPS) is 19.3. The van der Waals surface area contributed by atoms with Crippen LogP contribution in [-0.4, -0.2) is 17.6 Å². The Labute approximate surface area is 83.0 Å². The molecule has 0 bridgehead atoms. The van der Waals surface area contributed by atoms with E-state index in [1.54, 1.807) is 29.2 Å². The fourth-order valence-corrected chi connectivity index (χ4v) is 1.65. The van der Waals surface area contributed by atoms with Gasteiger partial charge in [0.15, 0.2) is 0 Å². The maximum atomic E-state index is 11.6. The number of amides is 1. The number of hydrogen-bond donors (Lipinski definition) is 1. The van der Waals surface area contributed by atoms with E-state index in [4.69, 9.17) is 5.11 Å². The zero-order valence-electron chi connectivity index (χ0n) is 8.32. The molecule has 1 saturated heterocycles. The number of aromatic hydroxyl groups is 1. The second kappa shape index (κ2) is 2.74. The highest BCUT2D eigenvalue weighted by molar-refractivity contribution is 6.03. The van der Waals surface area contributed by atoms with Crippen LogP contribution in [0.15, 0.2) is 24.3 Å². The lowest BCUT2D eigenvalue weighted by molar-refractivity contribution is -0.132. The molecule has 3 nitrogen and oxygen atoms in total. The van der Waals surface area contributed by atoms with Gasteiger partial charge in [-0.05, 0) is 38.1 Å². The van der Waals surface area contributed by atoms with Gasteiger partial charge in [-0.1, -0.05) is 0 Å². The standard InChI is InChI=1S/C11H13NO2/c1-11(2)7-12(10(11)14)8-3-5-9(13)6-4-8/h3-6,13H,7H2,1-2H3. The van der Waals surface area contributed by atoms with Crippen molar-refractivity contribution in [2.45, 2.75) is 13.8 Å². The monoisotopic (exact) mass is 191 g/mol. The molecule has 1 aromatic rings. The molecule has 0 radical (unpaired) electrons. The summed E-state index contributed by atoms with van der Waals surface area (Å²) >= 11 is 0. The van der Waals surface area contributed by atoms with Gasteiger partial charge in [0.2, 0.25) is 5.91 Å². The summed E-state index contributed by atoms with van der Waals surface area (Å²) in [6.07, 6.45) is 0. The predicted molar refractivity (Wildman–Crippen MR) is 54.2 cm³/mol. The van der Waals surface area contributed by atoms with Gasteiger partial charge >= 0.3 is 0 Å². The van der Waals surface area contributed by atoms with Crippen molar-refractivity contribution >= 4 is 11.6 Å². The molecule has 74 valence electrons. The van der Waals surface area contributed by atoms with Crippen LogP contribution in [0.1, 0.15) is 13.8 Å². The topological polar surface area (TPSA) is 40.5 Å². The molecule has 1 aromatic carbocycles. The number of phenols is 1. The Bertz CT molecular complexity index is 367. The average molecular weight is 191 g/mol. The van der Waals surface area contributed by atoms with Gasteiger partial charge < -0.3 is 10.0 Å². The SMILES string of the molecule is CC1(C)CN(c2ccc(O)cc2)C1=O. The van der Waals surface area contributed by atoms with Gasteiger partial charge in [-0.15, -0.1) is 0 Å². The van der Waals surface area contributed by atoms with Crippen molar-refractivity contribution in [3.63, 3.8) is 0 Å². The third-order valence-corrected chi connectivity index (χ3v) is 2.54. The lowest BCUT2D eigenvalue weighted by Crippen LogP contribution is -2.58. The molecule has 14 heavy (non-hydrogen) atoms. The summed E-state index contributed by atoms with van der Waals surface area (Å²) in [5.74, 6) is 0.365. The molecule has 1 fully saturated rings. The summed E-state index contributed by atoms with van der Waals surface area (Å²) in [4.78, 5) is 13.4. The zero-order valence-corrected chi connectivity index (χ0v) is 8.32. The van der Waals surface area contributed by atoms with Crippen LogP contribution in [0, 0.1) is 5.41 Å². The number of rotatable bonds is 1. The van der Waals surface area contributed by atoms with Gasteiger partial charge in [0.1, 0.15) is 5.75 Å². The fourth-order valence-electron chi connectivity index (χ4n) is 1.65. The molecular formula is C11H13NO2. The van der Waals surface area contributed by atoms with Gasteiger partial charge in [-0.25, -0.2) is 0 Å². The Kier molecular flexibility index (Phi) is 1.77. The van der Waals surface area contributed by atoms with Crippen LogP contribution < -0.4 is 4.90 Å². The largest absolute Gasteiger partial charge is 0.508 e. The van der Waals surface area contributed by atoms with Crippen molar-refractivity contribution in [2.75, 3.05) is 11.4 Å². The molecule has 1 aliphatic heterocycles. The van der Waals surface area contributed by atoms with Crippen molar-refractivity contribution in [3.8, 4) is 5.75 Å². The second-order valence-corrected chi connectivity index (χ2v) is 4.29. The Hall–Kier alpha value is -1.51. The lowest BCUT2D eigenvalue weighted by atomic mass is 9.83.